The monoisotopic (exact) mass is 267 g/mol. The van der Waals surface area contributed by atoms with Crippen molar-refractivity contribution < 1.29 is 4.79 Å². The molecule has 0 radical (unpaired) electrons. The minimum atomic E-state index is -0.0517. The molecule has 0 bridgehead atoms. The van der Waals surface area contributed by atoms with E-state index in [1.165, 1.54) is 12.8 Å². The van der Waals surface area contributed by atoms with Gasteiger partial charge in [-0.05, 0) is 19.8 Å². The van der Waals surface area contributed by atoms with Crippen molar-refractivity contribution in [3.05, 3.63) is 12.4 Å². The molecular weight excluding hydrogens is 246 g/mol. The Hall–Kier alpha value is -0.970. The second kappa shape index (κ2) is 6.27. The number of nitrogens with zero attached hydrogens (tertiary/aromatic N) is 3. The maximum atomic E-state index is 12.4. The van der Waals surface area contributed by atoms with Crippen LogP contribution in [0.2, 0.25) is 0 Å². The molecule has 1 aliphatic rings. The number of likely N-dealkylation sites (tertiary alicyclic amines) is 1. The maximum Gasteiger partial charge on any atom is 0.235 e. The van der Waals surface area contributed by atoms with Crippen LogP contribution < -0.4 is 0 Å². The summed E-state index contributed by atoms with van der Waals surface area (Å²) in [5.41, 5.74) is 0. The van der Waals surface area contributed by atoms with Crippen LogP contribution in [0.3, 0.4) is 0 Å². The number of aryl methyl sites for hydroxylation is 1. The molecule has 100 valence electrons. The number of amides is 1. The third-order valence-corrected chi connectivity index (χ3v) is 4.48. The molecule has 1 atom stereocenters. The number of thioether (sulfide) groups is 1. The minimum absolute atomic E-state index is 0.0517. The van der Waals surface area contributed by atoms with Crippen LogP contribution in [0.4, 0.5) is 0 Å². The van der Waals surface area contributed by atoms with Gasteiger partial charge in [-0.15, -0.1) is 0 Å². The van der Waals surface area contributed by atoms with Crippen molar-refractivity contribution in [3.63, 3.8) is 0 Å². The number of hydrogen-bond acceptors (Lipinski definition) is 3. The Labute approximate surface area is 113 Å². The fraction of sp³-hybridized carbons (Fsp3) is 0.692. The summed E-state index contributed by atoms with van der Waals surface area (Å²) in [5.74, 6) is 0.255. The quantitative estimate of drug-likeness (QED) is 0.789. The summed E-state index contributed by atoms with van der Waals surface area (Å²) in [6.07, 6.45) is 8.48. The SMILES string of the molecule is CC(Sc1nccn1C)C(=O)N1CCCCCC1. The molecule has 1 aliphatic heterocycles. The first-order valence-corrected chi connectivity index (χ1v) is 7.49. The zero-order valence-electron chi connectivity index (χ0n) is 11.1. The Bertz CT molecular complexity index is 397. The third kappa shape index (κ3) is 3.28. The summed E-state index contributed by atoms with van der Waals surface area (Å²) in [4.78, 5) is 18.6. The number of carbonyl (C=O) groups excluding carboxylic acids is 1. The van der Waals surface area contributed by atoms with Crippen LogP contribution in [0.1, 0.15) is 32.6 Å². The fourth-order valence-corrected chi connectivity index (χ4v) is 3.14. The van der Waals surface area contributed by atoms with Gasteiger partial charge in [0.05, 0.1) is 5.25 Å². The highest BCUT2D eigenvalue weighted by atomic mass is 32.2. The van der Waals surface area contributed by atoms with E-state index >= 15 is 0 Å². The Morgan fingerprint density at radius 3 is 2.56 bits per heavy atom. The first-order valence-electron chi connectivity index (χ1n) is 6.61. The van der Waals surface area contributed by atoms with Crippen molar-refractivity contribution in [1.29, 1.82) is 0 Å². The normalized spacial score (nSPS) is 18.4. The molecule has 1 amide bonds. The van der Waals surface area contributed by atoms with E-state index in [4.69, 9.17) is 0 Å². The van der Waals surface area contributed by atoms with Crippen LogP contribution in [0.5, 0.6) is 0 Å². The molecule has 2 heterocycles. The first-order chi connectivity index (χ1) is 8.68. The average molecular weight is 267 g/mol. The van der Waals surface area contributed by atoms with Gasteiger partial charge in [0.25, 0.3) is 0 Å². The molecule has 1 aromatic rings. The van der Waals surface area contributed by atoms with Gasteiger partial charge in [-0.25, -0.2) is 4.98 Å². The van der Waals surface area contributed by atoms with Gasteiger partial charge in [-0.1, -0.05) is 24.6 Å². The lowest BCUT2D eigenvalue weighted by molar-refractivity contribution is -0.130. The van der Waals surface area contributed by atoms with Crippen molar-refractivity contribution in [1.82, 2.24) is 14.5 Å². The van der Waals surface area contributed by atoms with Gasteiger partial charge in [0.15, 0.2) is 5.16 Å². The van der Waals surface area contributed by atoms with Crippen LogP contribution in [-0.4, -0.2) is 38.7 Å². The van der Waals surface area contributed by atoms with Gasteiger partial charge in [0, 0.05) is 32.5 Å². The third-order valence-electron chi connectivity index (χ3n) is 3.32. The van der Waals surface area contributed by atoms with E-state index < -0.39 is 0 Å². The van der Waals surface area contributed by atoms with E-state index in [9.17, 15) is 4.79 Å². The van der Waals surface area contributed by atoms with Crippen molar-refractivity contribution in [3.8, 4) is 0 Å². The predicted octanol–water partition coefficient (Wildman–Crippen LogP) is 2.30. The van der Waals surface area contributed by atoms with Crippen LogP contribution >= 0.6 is 11.8 Å². The molecule has 0 saturated carbocycles. The number of hydrogen-bond donors (Lipinski definition) is 0. The van der Waals surface area contributed by atoms with Crippen LogP contribution in [0.25, 0.3) is 0 Å². The van der Waals surface area contributed by atoms with Crippen molar-refractivity contribution in [2.24, 2.45) is 7.05 Å². The van der Waals surface area contributed by atoms with E-state index in [0.29, 0.717) is 0 Å². The molecule has 5 heteroatoms. The summed E-state index contributed by atoms with van der Waals surface area (Å²) in [6.45, 7) is 3.82. The Morgan fingerprint density at radius 1 is 1.33 bits per heavy atom. The van der Waals surface area contributed by atoms with Crippen molar-refractivity contribution in [2.75, 3.05) is 13.1 Å². The average Bonchev–Trinajstić information content (AvgIpc) is 2.63. The molecule has 4 nitrogen and oxygen atoms in total. The van der Waals surface area contributed by atoms with Gasteiger partial charge >= 0.3 is 0 Å². The van der Waals surface area contributed by atoms with Gasteiger partial charge in [0.2, 0.25) is 5.91 Å². The lowest BCUT2D eigenvalue weighted by Crippen LogP contribution is -2.37. The Kier molecular flexibility index (Phi) is 4.69. The summed E-state index contributed by atoms with van der Waals surface area (Å²) in [6, 6.07) is 0. The molecule has 1 unspecified atom stereocenters. The Balaban J connectivity index is 1.93. The van der Waals surface area contributed by atoms with Gasteiger partial charge in [-0.3, -0.25) is 4.79 Å². The fourth-order valence-electron chi connectivity index (χ4n) is 2.22. The minimum Gasteiger partial charge on any atom is -0.342 e. The van der Waals surface area contributed by atoms with Gasteiger partial charge in [-0.2, -0.15) is 0 Å². The number of carbonyl (C=O) groups is 1. The second-order valence-electron chi connectivity index (χ2n) is 4.82. The van der Waals surface area contributed by atoms with Crippen molar-refractivity contribution >= 4 is 17.7 Å². The molecule has 0 spiro atoms. The van der Waals surface area contributed by atoms with Crippen LogP contribution in [-0.2, 0) is 11.8 Å². The maximum absolute atomic E-state index is 12.4. The standard InChI is InChI=1S/C13H21N3OS/c1-11(18-13-14-7-10-15(13)2)12(17)16-8-5-3-4-6-9-16/h7,10-11H,3-6,8-9H2,1-2H3. The lowest BCUT2D eigenvalue weighted by atomic mass is 10.2. The first kappa shape index (κ1) is 13.5. The number of imidazole rings is 1. The van der Waals surface area contributed by atoms with E-state index in [2.05, 4.69) is 4.98 Å². The summed E-state index contributed by atoms with van der Waals surface area (Å²) in [5, 5.41) is 0.856. The molecule has 2 rings (SSSR count). The highest BCUT2D eigenvalue weighted by Gasteiger charge is 2.23. The molecule has 1 aromatic heterocycles. The zero-order chi connectivity index (χ0) is 13.0. The highest BCUT2D eigenvalue weighted by molar-refractivity contribution is 8.00. The van der Waals surface area contributed by atoms with Gasteiger partial charge < -0.3 is 9.47 Å². The lowest BCUT2D eigenvalue weighted by Gasteiger charge is -2.23. The Morgan fingerprint density at radius 2 is 2.00 bits per heavy atom. The summed E-state index contributed by atoms with van der Waals surface area (Å²) in [7, 11) is 1.96. The highest BCUT2D eigenvalue weighted by Crippen LogP contribution is 2.23. The second-order valence-corrected chi connectivity index (χ2v) is 6.13. The molecular formula is C13H21N3OS. The van der Waals surface area contributed by atoms with Crippen LogP contribution in [0, 0.1) is 0 Å². The number of aromatic nitrogens is 2. The van der Waals surface area contributed by atoms with E-state index in [1.54, 1.807) is 18.0 Å². The molecule has 1 fully saturated rings. The smallest absolute Gasteiger partial charge is 0.235 e. The summed E-state index contributed by atoms with van der Waals surface area (Å²) < 4.78 is 1.96. The van der Waals surface area contributed by atoms with Crippen molar-refractivity contribution in [2.45, 2.75) is 43.0 Å². The van der Waals surface area contributed by atoms with E-state index in [0.717, 1.165) is 31.1 Å². The van der Waals surface area contributed by atoms with E-state index in [-0.39, 0.29) is 11.2 Å². The number of rotatable bonds is 3. The summed E-state index contributed by atoms with van der Waals surface area (Å²) >= 11 is 1.55. The largest absolute Gasteiger partial charge is 0.342 e. The molecule has 1 saturated heterocycles. The molecule has 0 aliphatic carbocycles. The zero-order valence-corrected chi connectivity index (χ0v) is 11.9. The molecule has 18 heavy (non-hydrogen) atoms. The predicted molar refractivity (Wildman–Crippen MR) is 73.6 cm³/mol. The van der Waals surface area contributed by atoms with Crippen LogP contribution in [0.15, 0.2) is 17.6 Å². The molecule has 0 aromatic carbocycles. The van der Waals surface area contributed by atoms with E-state index in [1.807, 2.05) is 29.6 Å². The topological polar surface area (TPSA) is 38.1 Å². The van der Waals surface area contributed by atoms with Gasteiger partial charge in [0.1, 0.15) is 0 Å². The molecule has 0 N–H and O–H groups in total.